The minimum atomic E-state index is -0.205. The molecule has 0 spiro atoms. The molecule has 0 saturated heterocycles. The lowest BCUT2D eigenvalue weighted by atomic mass is 10.00. The summed E-state index contributed by atoms with van der Waals surface area (Å²) in [6.45, 7) is 6.46. The van der Waals surface area contributed by atoms with Crippen molar-refractivity contribution >= 4 is 17.4 Å². The predicted molar refractivity (Wildman–Crippen MR) is 70.2 cm³/mol. The van der Waals surface area contributed by atoms with Crippen LogP contribution in [0, 0.1) is 6.92 Å². The number of aryl methyl sites for hydroxylation is 1. The second-order valence-electron chi connectivity index (χ2n) is 3.95. The molecule has 1 unspecified atom stereocenters. The average Bonchev–Trinajstić information content (AvgIpc) is 2.31. The highest BCUT2D eigenvalue weighted by molar-refractivity contribution is 6.32. The Bertz CT molecular complexity index is 418. The Kier molecular flexibility index (Phi) is 4.97. The first-order chi connectivity index (χ1) is 8.01. The Morgan fingerprint density at radius 2 is 2.18 bits per heavy atom. The number of rotatable bonds is 5. The monoisotopic (exact) mass is 255 g/mol. The molecule has 0 heterocycles. The number of ether oxygens (including phenoxy) is 1. The summed E-state index contributed by atoms with van der Waals surface area (Å²) < 4.78 is 5.11. The third-order valence-corrected chi connectivity index (χ3v) is 2.96. The minimum Gasteiger partial charge on any atom is -0.495 e. The van der Waals surface area contributed by atoms with Crippen LogP contribution in [0.1, 0.15) is 29.8 Å². The van der Waals surface area contributed by atoms with Gasteiger partial charge in [-0.25, -0.2) is 0 Å². The maximum atomic E-state index is 12.1. The van der Waals surface area contributed by atoms with Gasteiger partial charge in [0.15, 0.2) is 5.78 Å². The summed E-state index contributed by atoms with van der Waals surface area (Å²) in [5, 5.41) is 3.56. The van der Waals surface area contributed by atoms with Gasteiger partial charge in [-0.15, -0.1) is 0 Å². The fraction of sp³-hybridized carbons (Fsp3) is 0.462. The van der Waals surface area contributed by atoms with Crippen molar-refractivity contribution < 1.29 is 9.53 Å². The van der Waals surface area contributed by atoms with Crippen molar-refractivity contribution in [2.45, 2.75) is 26.8 Å². The molecule has 3 nitrogen and oxygen atoms in total. The van der Waals surface area contributed by atoms with Crippen LogP contribution in [0.4, 0.5) is 0 Å². The van der Waals surface area contributed by atoms with E-state index in [1.807, 2.05) is 20.8 Å². The van der Waals surface area contributed by atoms with Gasteiger partial charge in [0.1, 0.15) is 5.75 Å². The van der Waals surface area contributed by atoms with Crippen LogP contribution < -0.4 is 10.1 Å². The molecule has 0 saturated carbocycles. The zero-order chi connectivity index (χ0) is 13.0. The van der Waals surface area contributed by atoms with E-state index in [0.29, 0.717) is 16.3 Å². The molecular formula is C13H18ClNO2. The molecule has 0 aliphatic heterocycles. The largest absolute Gasteiger partial charge is 0.495 e. The average molecular weight is 256 g/mol. The summed E-state index contributed by atoms with van der Waals surface area (Å²) in [6, 6.07) is 3.25. The van der Waals surface area contributed by atoms with Crippen molar-refractivity contribution in [1.29, 1.82) is 0 Å². The lowest BCUT2D eigenvalue weighted by molar-refractivity contribution is 0.0951. The summed E-state index contributed by atoms with van der Waals surface area (Å²) in [7, 11) is 1.56. The number of ketones is 1. The maximum absolute atomic E-state index is 12.1. The molecule has 1 aromatic carbocycles. The number of likely N-dealkylation sites (N-methyl/N-ethyl adjacent to an activating group) is 1. The van der Waals surface area contributed by atoms with E-state index in [0.717, 1.165) is 12.1 Å². The normalized spacial score (nSPS) is 12.3. The van der Waals surface area contributed by atoms with E-state index >= 15 is 0 Å². The topological polar surface area (TPSA) is 38.3 Å². The molecule has 1 rings (SSSR count). The highest BCUT2D eigenvalue weighted by atomic mass is 35.5. The van der Waals surface area contributed by atoms with E-state index in [9.17, 15) is 4.79 Å². The molecule has 0 aliphatic rings. The minimum absolute atomic E-state index is 0.0499. The second-order valence-corrected chi connectivity index (χ2v) is 4.35. The Hall–Kier alpha value is -1.06. The lowest BCUT2D eigenvalue weighted by Gasteiger charge is -2.14. The maximum Gasteiger partial charge on any atom is 0.179 e. The quantitative estimate of drug-likeness (QED) is 0.823. The molecule has 0 fully saturated rings. The van der Waals surface area contributed by atoms with E-state index in [-0.39, 0.29) is 11.8 Å². The summed E-state index contributed by atoms with van der Waals surface area (Å²) in [5.41, 5.74) is 1.52. The van der Waals surface area contributed by atoms with Gasteiger partial charge in [0, 0.05) is 5.56 Å². The summed E-state index contributed by atoms with van der Waals surface area (Å²) in [6.07, 6.45) is 0. The SMILES string of the molecule is CCNC(C)C(=O)c1cc(Cl)c(OC)cc1C. The number of Topliss-reactive ketones (excluding diaryl/α,β-unsaturated/α-hetero) is 1. The van der Waals surface area contributed by atoms with Gasteiger partial charge in [-0.2, -0.15) is 0 Å². The molecule has 1 N–H and O–H groups in total. The molecular weight excluding hydrogens is 238 g/mol. The smallest absolute Gasteiger partial charge is 0.179 e. The molecule has 0 aliphatic carbocycles. The van der Waals surface area contributed by atoms with Crippen molar-refractivity contribution in [3.63, 3.8) is 0 Å². The standard InChI is InChI=1S/C13H18ClNO2/c1-5-15-9(3)13(16)10-7-11(14)12(17-4)6-8(10)2/h6-7,9,15H,5H2,1-4H3. The number of halogens is 1. The number of nitrogens with one attached hydrogen (secondary N) is 1. The molecule has 1 atom stereocenters. The third-order valence-electron chi connectivity index (χ3n) is 2.67. The number of benzene rings is 1. The van der Waals surface area contributed by atoms with Crippen molar-refractivity contribution in [2.24, 2.45) is 0 Å². The number of carbonyl (C=O) groups excluding carboxylic acids is 1. The van der Waals surface area contributed by atoms with Crippen LogP contribution in [0.5, 0.6) is 5.75 Å². The summed E-state index contributed by atoms with van der Waals surface area (Å²) in [4.78, 5) is 12.1. The number of hydrogen-bond acceptors (Lipinski definition) is 3. The highest BCUT2D eigenvalue weighted by Gasteiger charge is 2.18. The molecule has 0 amide bonds. The van der Waals surface area contributed by atoms with Gasteiger partial charge < -0.3 is 10.1 Å². The Morgan fingerprint density at radius 1 is 1.53 bits per heavy atom. The van der Waals surface area contributed by atoms with Gasteiger partial charge in [0.25, 0.3) is 0 Å². The molecule has 0 bridgehead atoms. The van der Waals surface area contributed by atoms with Crippen molar-refractivity contribution in [1.82, 2.24) is 5.32 Å². The van der Waals surface area contributed by atoms with Gasteiger partial charge in [0.05, 0.1) is 18.2 Å². The summed E-state index contributed by atoms with van der Waals surface area (Å²) in [5.74, 6) is 0.644. The molecule has 17 heavy (non-hydrogen) atoms. The highest BCUT2D eigenvalue weighted by Crippen LogP contribution is 2.28. The second kappa shape index (κ2) is 6.03. The van der Waals surface area contributed by atoms with Crippen molar-refractivity contribution in [2.75, 3.05) is 13.7 Å². The van der Waals surface area contributed by atoms with E-state index in [1.54, 1.807) is 19.2 Å². The van der Waals surface area contributed by atoms with Gasteiger partial charge in [-0.05, 0) is 38.1 Å². The van der Waals surface area contributed by atoms with Crippen LogP contribution in [0.25, 0.3) is 0 Å². The number of methoxy groups -OCH3 is 1. The first-order valence-electron chi connectivity index (χ1n) is 5.63. The fourth-order valence-corrected chi connectivity index (χ4v) is 1.95. The van der Waals surface area contributed by atoms with E-state index < -0.39 is 0 Å². The first-order valence-corrected chi connectivity index (χ1v) is 6.00. The Labute approximate surface area is 107 Å². The van der Waals surface area contributed by atoms with Gasteiger partial charge in [-0.3, -0.25) is 4.79 Å². The number of carbonyl (C=O) groups is 1. The van der Waals surface area contributed by atoms with Crippen LogP contribution in [-0.4, -0.2) is 25.5 Å². The predicted octanol–water partition coefficient (Wildman–Crippen LogP) is 2.84. The van der Waals surface area contributed by atoms with Crippen LogP contribution in [0.2, 0.25) is 5.02 Å². The molecule has 94 valence electrons. The fourth-order valence-electron chi connectivity index (χ4n) is 1.71. The van der Waals surface area contributed by atoms with Crippen LogP contribution in [-0.2, 0) is 0 Å². The van der Waals surface area contributed by atoms with Crippen LogP contribution in [0.15, 0.2) is 12.1 Å². The zero-order valence-electron chi connectivity index (χ0n) is 10.6. The lowest BCUT2D eigenvalue weighted by Crippen LogP contribution is -2.34. The number of hydrogen-bond donors (Lipinski definition) is 1. The molecule has 0 radical (unpaired) electrons. The molecule has 0 aromatic heterocycles. The van der Waals surface area contributed by atoms with Gasteiger partial charge >= 0.3 is 0 Å². The zero-order valence-corrected chi connectivity index (χ0v) is 11.4. The van der Waals surface area contributed by atoms with E-state index in [1.165, 1.54) is 0 Å². The van der Waals surface area contributed by atoms with Crippen molar-refractivity contribution in [3.8, 4) is 5.75 Å². The van der Waals surface area contributed by atoms with Gasteiger partial charge in [0.2, 0.25) is 0 Å². The molecule has 1 aromatic rings. The Balaban J connectivity index is 3.06. The Morgan fingerprint density at radius 3 is 2.71 bits per heavy atom. The molecule has 4 heteroatoms. The van der Waals surface area contributed by atoms with Crippen LogP contribution >= 0.6 is 11.6 Å². The van der Waals surface area contributed by atoms with Gasteiger partial charge in [-0.1, -0.05) is 18.5 Å². The third kappa shape index (κ3) is 3.20. The van der Waals surface area contributed by atoms with Crippen molar-refractivity contribution in [3.05, 3.63) is 28.3 Å². The van der Waals surface area contributed by atoms with Crippen LogP contribution in [0.3, 0.4) is 0 Å². The van der Waals surface area contributed by atoms with E-state index in [4.69, 9.17) is 16.3 Å². The first kappa shape index (κ1) is 14.0. The van der Waals surface area contributed by atoms with E-state index in [2.05, 4.69) is 5.32 Å². The summed E-state index contributed by atoms with van der Waals surface area (Å²) >= 11 is 6.03.